The molecule has 2 aliphatic carbocycles. The van der Waals surface area contributed by atoms with Crippen molar-refractivity contribution < 1.29 is 40.0 Å². The van der Waals surface area contributed by atoms with Gasteiger partial charge in [-0.1, -0.05) is 0 Å². The topological polar surface area (TPSA) is 83.8 Å². The molecule has 13 heteroatoms. The molecule has 2 aromatic carbocycles. The number of nitrogens with zero attached hydrogens (tertiary/aromatic N) is 4. The molecule has 0 unspecified atom stereocenters. The second-order valence-corrected chi connectivity index (χ2v) is 16.8. The van der Waals surface area contributed by atoms with Crippen LogP contribution in [0.4, 0.5) is 11.4 Å². The van der Waals surface area contributed by atoms with Gasteiger partial charge in [-0.25, -0.2) is 19.1 Å². The minimum atomic E-state index is -0.931. The van der Waals surface area contributed by atoms with Gasteiger partial charge in [-0.3, -0.25) is 0 Å². The summed E-state index contributed by atoms with van der Waals surface area (Å²) in [5, 5.41) is 2.37. The number of hydrogen-bond donors (Lipinski definition) is 2. The zero-order valence-corrected chi connectivity index (χ0v) is 32.4. The van der Waals surface area contributed by atoms with Gasteiger partial charge in [0, 0.05) is 35.6 Å². The Bertz CT molecular complexity index is 1810. The maximum atomic E-state index is 5.98. The second kappa shape index (κ2) is 16.3. The summed E-state index contributed by atoms with van der Waals surface area (Å²) in [5.74, 6) is 0. The molecule has 2 aromatic rings. The predicted molar refractivity (Wildman–Crippen MR) is 177 cm³/mol. The van der Waals surface area contributed by atoms with E-state index in [0.29, 0.717) is 0 Å². The quantitative estimate of drug-likeness (QED) is 0.0996. The SMILES string of the molecule is Cc1cc2nc3ccc(=[N+](C)C)cc-3sc2cc1N.Cc1cc2nc3ccc(=[N+](C)C)cc-3sc2cc1N.[Cl-].[Cl-].[Cl][Zn][Cl]. The fourth-order valence-corrected chi connectivity index (χ4v) is 6.18. The Kier molecular flexibility index (Phi) is 14.0. The predicted octanol–water partition coefficient (Wildman–Crippen LogP) is 0.0315. The molecule has 6 rings (SSSR count). The summed E-state index contributed by atoms with van der Waals surface area (Å²) in [4.78, 5) is 11.8. The summed E-state index contributed by atoms with van der Waals surface area (Å²) in [6.07, 6.45) is 0. The molecule has 0 amide bonds. The van der Waals surface area contributed by atoms with Crippen molar-refractivity contribution in [1.29, 1.82) is 0 Å². The molecule has 4 aliphatic rings. The molecule has 6 nitrogen and oxygen atoms in total. The van der Waals surface area contributed by atoms with Gasteiger partial charge in [0.05, 0.1) is 41.6 Å². The Labute approximate surface area is 287 Å². The van der Waals surface area contributed by atoms with Crippen molar-refractivity contribution in [1.82, 2.24) is 19.1 Å². The van der Waals surface area contributed by atoms with Crippen molar-refractivity contribution in [2.75, 3.05) is 39.7 Å². The summed E-state index contributed by atoms with van der Waals surface area (Å²) in [6.45, 7) is 4.03. The molecular formula is C30H32Cl4N6S2Zn. The third-order valence-corrected chi connectivity index (χ3v) is 8.72. The van der Waals surface area contributed by atoms with Gasteiger partial charge in [0.25, 0.3) is 0 Å². The van der Waals surface area contributed by atoms with Crippen LogP contribution in [0, 0.1) is 13.8 Å². The summed E-state index contributed by atoms with van der Waals surface area (Å²) in [5.41, 5.74) is 19.9. The fourth-order valence-electron chi connectivity index (χ4n) is 4.12. The molecule has 0 saturated heterocycles. The third-order valence-electron chi connectivity index (χ3n) is 6.54. The molecule has 0 atom stereocenters. The van der Waals surface area contributed by atoms with E-state index in [0.717, 1.165) is 54.3 Å². The first-order valence-corrected chi connectivity index (χ1v) is 22.3. The molecule has 2 heterocycles. The first-order valence-electron chi connectivity index (χ1n) is 12.8. The molecular weight excluding hydrogens is 716 g/mol. The number of nitrogen functional groups attached to an aromatic ring is 2. The number of hydrogen-bond acceptors (Lipinski definition) is 6. The van der Waals surface area contributed by atoms with Crippen LogP contribution in [0.3, 0.4) is 0 Å². The van der Waals surface area contributed by atoms with Crippen LogP contribution in [0.25, 0.3) is 41.6 Å². The normalized spacial score (nSPS) is 10.0. The van der Waals surface area contributed by atoms with E-state index in [1.807, 2.05) is 54.2 Å². The van der Waals surface area contributed by atoms with Crippen LogP contribution in [-0.2, 0) is 15.1 Å². The molecule has 0 fully saturated rings. The van der Waals surface area contributed by atoms with Gasteiger partial charge in [-0.05, 0) is 61.4 Å². The second-order valence-electron chi connectivity index (χ2n) is 9.97. The van der Waals surface area contributed by atoms with Crippen molar-refractivity contribution in [3.8, 4) is 21.1 Å². The summed E-state index contributed by atoms with van der Waals surface area (Å²) < 4.78 is 6.46. The van der Waals surface area contributed by atoms with Crippen molar-refractivity contribution in [3.05, 3.63) is 82.5 Å². The molecule has 0 radical (unpaired) electrons. The first-order chi connectivity index (χ1) is 19.5. The van der Waals surface area contributed by atoms with E-state index < -0.39 is 15.1 Å². The Morgan fingerprint density at radius 1 is 0.628 bits per heavy atom. The van der Waals surface area contributed by atoms with Gasteiger partial charge < -0.3 is 36.3 Å². The number of rotatable bonds is 0. The number of aromatic nitrogens is 2. The summed E-state index contributed by atoms with van der Waals surface area (Å²) in [7, 11) is 18.1. The maximum absolute atomic E-state index is 5.98. The Hall–Kier alpha value is -2.10. The van der Waals surface area contributed by atoms with Gasteiger partial charge >= 0.3 is 34.5 Å². The molecule has 0 bridgehead atoms. The summed E-state index contributed by atoms with van der Waals surface area (Å²) >= 11 is 2.54. The Balaban J connectivity index is 0.000000264. The monoisotopic (exact) mass is 744 g/mol. The number of aryl methyl sites for hydroxylation is 2. The van der Waals surface area contributed by atoms with Crippen molar-refractivity contribution in [2.24, 2.45) is 0 Å². The van der Waals surface area contributed by atoms with Crippen LogP contribution in [0.15, 0.2) is 60.7 Å². The van der Waals surface area contributed by atoms with E-state index in [4.69, 9.17) is 40.8 Å². The van der Waals surface area contributed by atoms with Crippen LogP contribution in [0.2, 0.25) is 0 Å². The van der Waals surface area contributed by atoms with E-state index in [9.17, 15) is 0 Å². The number of nitrogens with two attached hydrogens (primary N) is 2. The molecule has 2 aliphatic heterocycles. The number of halogens is 4. The zero-order valence-electron chi connectivity index (χ0n) is 24.8. The van der Waals surface area contributed by atoms with Crippen molar-refractivity contribution in [3.63, 3.8) is 0 Å². The van der Waals surface area contributed by atoms with E-state index >= 15 is 0 Å². The van der Waals surface area contributed by atoms with Crippen molar-refractivity contribution in [2.45, 2.75) is 13.8 Å². The molecule has 4 N–H and O–H groups in total. The Morgan fingerprint density at radius 2 is 0.977 bits per heavy atom. The van der Waals surface area contributed by atoms with E-state index in [-0.39, 0.29) is 24.8 Å². The van der Waals surface area contributed by atoms with E-state index in [1.165, 1.54) is 20.5 Å². The average molecular weight is 748 g/mol. The summed E-state index contributed by atoms with van der Waals surface area (Å²) in [6, 6.07) is 20.8. The standard InChI is InChI=1S/2C15H15N3S.4ClH.Zn/c2*1-9-6-13-15(8-11(9)16)19-14-7-10(18(2)3)4-5-12(14)17-13;;;;;/h2*4-8,16H,1-3H3;4*1H;/q;;;;;;+2/p-2. The number of fused-ring (bicyclic) bond motifs is 4. The molecule has 0 aromatic heterocycles. The average Bonchev–Trinajstić information content (AvgIpc) is 2.92. The Morgan fingerprint density at radius 3 is 1.30 bits per heavy atom. The van der Waals surface area contributed by atoms with Crippen LogP contribution in [0.1, 0.15) is 11.1 Å². The first kappa shape index (κ1) is 37.1. The van der Waals surface area contributed by atoms with Gasteiger partial charge in [-0.2, -0.15) is 0 Å². The van der Waals surface area contributed by atoms with Gasteiger partial charge in [0.15, 0.2) is 0 Å². The molecule has 0 spiro atoms. The fraction of sp³-hybridized carbons (Fsp3) is 0.200. The number of anilines is 2. The van der Waals surface area contributed by atoms with Crippen LogP contribution < -0.4 is 56.1 Å². The van der Waals surface area contributed by atoms with Crippen LogP contribution in [-0.4, -0.2) is 38.2 Å². The number of benzene rings is 4. The van der Waals surface area contributed by atoms with Crippen molar-refractivity contribution >= 4 is 73.9 Å². The van der Waals surface area contributed by atoms with E-state index in [1.54, 1.807) is 22.7 Å². The zero-order chi connectivity index (χ0) is 29.8. The van der Waals surface area contributed by atoms with Gasteiger partial charge in [-0.15, -0.1) is 22.7 Å². The molecule has 224 valence electrons. The third kappa shape index (κ3) is 8.98. The minimum absolute atomic E-state index is 0. The van der Waals surface area contributed by atoms with Gasteiger partial charge in [0.2, 0.25) is 10.7 Å². The molecule has 43 heavy (non-hydrogen) atoms. The van der Waals surface area contributed by atoms with Gasteiger partial charge in [0.1, 0.15) is 28.2 Å². The van der Waals surface area contributed by atoms with Crippen LogP contribution >= 0.6 is 42.1 Å². The van der Waals surface area contributed by atoms with Crippen LogP contribution in [0.5, 0.6) is 0 Å². The molecule has 0 saturated carbocycles. The van der Waals surface area contributed by atoms with E-state index in [2.05, 4.69) is 57.7 Å².